The summed E-state index contributed by atoms with van der Waals surface area (Å²) < 4.78 is 4.99. The molecule has 0 atom stereocenters. The zero-order chi connectivity index (χ0) is 20.5. The SMILES string of the molecule is O=C1c2cccc3c(N/N=C/c4ccc([N+](=O)[O-])o4)ccc(c23)C(=O)N1CCO. The van der Waals surface area contributed by atoms with Crippen LogP contribution in [0.5, 0.6) is 0 Å². The maximum Gasteiger partial charge on any atom is 0.433 e. The number of hydrogen-bond acceptors (Lipinski definition) is 8. The Bertz CT molecular complexity index is 1160. The molecular formula is C19H14N4O6. The van der Waals surface area contributed by atoms with Crippen molar-refractivity contribution in [2.75, 3.05) is 18.6 Å². The number of aliphatic hydroxyl groups is 1. The molecule has 0 saturated carbocycles. The van der Waals surface area contributed by atoms with Gasteiger partial charge in [-0.1, -0.05) is 12.1 Å². The predicted octanol–water partition coefficient (Wildman–Crippen LogP) is 2.38. The van der Waals surface area contributed by atoms with Crippen molar-refractivity contribution in [1.82, 2.24) is 4.90 Å². The smallest absolute Gasteiger partial charge is 0.400 e. The number of carbonyl (C=O) groups is 2. The second-order valence-electron chi connectivity index (χ2n) is 6.18. The molecule has 0 unspecified atom stereocenters. The number of aliphatic hydroxyl groups excluding tert-OH is 1. The quantitative estimate of drug-likeness (QED) is 0.283. The standard InChI is InChI=1S/C19H14N4O6/c24-9-8-22-18(25)13-3-1-2-12-15(6-5-14(17(12)13)19(22)26)21-20-10-11-4-7-16(29-11)23(27)28/h1-7,10,21,24H,8-9H2/b20-10+. The van der Waals surface area contributed by atoms with Gasteiger partial charge in [0.1, 0.15) is 4.92 Å². The Morgan fingerprint density at radius 3 is 2.59 bits per heavy atom. The average molecular weight is 394 g/mol. The zero-order valence-corrected chi connectivity index (χ0v) is 14.9. The van der Waals surface area contributed by atoms with E-state index in [0.29, 0.717) is 27.6 Å². The normalized spacial score (nSPS) is 13.5. The molecule has 3 aromatic rings. The molecule has 29 heavy (non-hydrogen) atoms. The summed E-state index contributed by atoms with van der Waals surface area (Å²) in [7, 11) is 0. The van der Waals surface area contributed by atoms with Gasteiger partial charge < -0.3 is 9.52 Å². The number of nitrogens with zero attached hydrogens (tertiary/aromatic N) is 3. The van der Waals surface area contributed by atoms with E-state index in [1.165, 1.54) is 18.3 Å². The summed E-state index contributed by atoms with van der Waals surface area (Å²) in [6.45, 7) is -0.394. The highest BCUT2D eigenvalue weighted by atomic mass is 16.6. The second kappa shape index (κ2) is 7.17. The molecule has 0 radical (unpaired) electrons. The highest BCUT2D eigenvalue weighted by molar-refractivity contribution is 6.26. The minimum absolute atomic E-state index is 0.0763. The number of amides is 2. The fraction of sp³-hybridized carbons (Fsp3) is 0.105. The molecule has 146 valence electrons. The highest BCUT2D eigenvalue weighted by Gasteiger charge is 2.32. The Morgan fingerprint density at radius 2 is 1.90 bits per heavy atom. The third-order valence-electron chi connectivity index (χ3n) is 4.48. The molecule has 0 aliphatic carbocycles. The Hall–Kier alpha value is -4.05. The van der Waals surface area contributed by atoms with Crippen molar-refractivity contribution in [3.05, 3.63) is 69.5 Å². The summed E-state index contributed by atoms with van der Waals surface area (Å²) >= 11 is 0. The third-order valence-corrected chi connectivity index (χ3v) is 4.48. The van der Waals surface area contributed by atoms with Gasteiger partial charge in [-0.15, -0.1) is 0 Å². The lowest BCUT2D eigenvalue weighted by Crippen LogP contribution is -2.41. The molecule has 10 nitrogen and oxygen atoms in total. The van der Waals surface area contributed by atoms with Gasteiger partial charge in [-0.2, -0.15) is 5.10 Å². The fourth-order valence-corrected chi connectivity index (χ4v) is 3.22. The van der Waals surface area contributed by atoms with Crippen molar-refractivity contribution in [1.29, 1.82) is 0 Å². The molecule has 0 bridgehead atoms. The van der Waals surface area contributed by atoms with Gasteiger partial charge in [0, 0.05) is 21.9 Å². The van der Waals surface area contributed by atoms with Crippen LogP contribution in [-0.2, 0) is 0 Å². The van der Waals surface area contributed by atoms with Crippen LogP contribution < -0.4 is 5.43 Å². The fourth-order valence-electron chi connectivity index (χ4n) is 3.22. The molecule has 2 N–H and O–H groups in total. The van der Waals surface area contributed by atoms with Gasteiger partial charge in [0.25, 0.3) is 11.8 Å². The van der Waals surface area contributed by atoms with Crippen LogP contribution in [0.15, 0.2) is 52.0 Å². The molecule has 0 spiro atoms. The van der Waals surface area contributed by atoms with Crippen LogP contribution in [0.4, 0.5) is 11.6 Å². The molecule has 0 saturated heterocycles. The van der Waals surface area contributed by atoms with Crippen LogP contribution in [0.1, 0.15) is 26.5 Å². The monoisotopic (exact) mass is 394 g/mol. The van der Waals surface area contributed by atoms with Gasteiger partial charge in [0.2, 0.25) is 0 Å². The van der Waals surface area contributed by atoms with Gasteiger partial charge in [-0.3, -0.25) is 30.0 Å². The molecule has 4 rings (SSSR count). The number of imide groups is 1. The van der Waals surface area contributed by atoms with Crippen LogP contribution in [0.3, 0.4) is 0 Å². The molecule has 0 fully saturated rings. The molecule has 2 heterocycles. The van der Waals surface area contributed by atoms with Gasteiger partial charge >= 0.3 is 5.88 Å². The van der Waals surface area contributed by atoms with Crippen molar-refractivity contribution in [2.45, 2.75) is 0 Å². The summed E-state index contributed by atoms with van der Waals surface area (Å²) in [6, 6.07) is 10.9. The zero-order valence-electron chi connectivity index (χ0n) is 14.9. The van der Waals surface area contributed by atoms with Crippen molar-refractivity contribution in [3.63, 3.8) is 0 Å². The number of nitrogens with one attached hydrogen (secondary N) is 1. The molecule has 1 aliphatic rings. The van der Waals surface area contributed by atoms with Crippen molar-refractivity contribution in [2.24, 2.45) is 5.10 Å². The first-order chi connectivity index (χ1) is 14.0. The van der Waals surface area contributed by atoms with Crippen LogP contribution >= 0.6 is 0 Å². The summed E-state index contributed by atoms with van der Waals surface area (Å²) in [4.78, 5) is 36.3. The Morgan fingerprint density at radius 1 is 1.14 bits per heavy atom. The van der Waals surface area contributed by atoms with E-state index in [0.717, 1.165) is 4.90 Å². The number of β-amino-alcohol motifs (C(OH)–C–C–N with tert-alkyl or cyclic N) is 1. The summed E-state index contributed by atoms with van der Waals surface area (Å²) in [5.74, 6) is -1.13. The van der Waals surface area contributed by atoms with Gasteiger partial charge in [-0.05, 0) is 24.3 Å². The maximum absolute atomic E-state index is 12.6. The number of rotatable bonds is 6. The first-order valence-electron chi connectivity index (χ1n) is 8.57. The van der Waals surface area contributed by atoms with E-state index in [1.807, 2.05) is 0 Å². The molecule has 10 heteroatoms. The number of hydrogen-bond donors (Lipinski definition) is 2. The first kappa shape index (κ1) is 18.3. The van der Waals surface area contributed by atoms with E-state index < -0.39 is 22.6 Å². The Balaban J connectivity index is 1.68. The van der Waals surface area contributed by atoms with E-state index in [4.69, 9.17) is 9.52 Å². The number of benzene rings is 2. The highest BCUT2D eigenvalue weighted by Crippen LogP contribution is 2.34. The van der Waals surface area contributed by atoms with Crippen LogP contribution in [0.25, 0.3) is 10.8 Å². The largest absolute Gasteiger partial charge is 0.433 e. The van der Waals surface area contributed by atoms with Crippen molar-refractivity contribution < 1.29 is 24.0 Å². The van der Waals surface area contributed by atoms with E-state index in [9.17, 15) is 19.7 Å². The van der Waals surface area contributed by atoms with Crippen molar-refractivity contribution in [3.8, 4) is 0 Å². The topological polar surface area (TPSA) is 138 Å². The number of furan rings is 1. The Labute approximate surface area is 163 Å². The first-order valence-corrected chi connectivity index (χ1v) is 8.57. The molecule has 2 aromatic carbocycles. The minimum atomic E-state index is -0.648. The Kier molecular flexibility index (Phi) is 4.53. The van der Waals surface area contributed by atoms with Crippen LogP contribution in [0, 0.1) is 10.1 Å². The lowest BCUT2D eigenvalue weighted by atomic mass is 9.93. The average Bonchev–Trinajstić information content (AvgIpc) is 3.19. The van der Waals surface area contributed by atoms with E-state index >= 15 is 0 Å². The number of carbonyl (C=O) groups excluding carboxylic acids is 2. The molecular weight excluding hydrogens is 380 g/mol. The number of anilines is 1. The van der Waals surface area contributed by atoms with Gasteiger partial charge in [0.15, 0.2) is 5.76 Å². The van der Waals surface area contributed by atoms with E-state index in [-0.39, 0.29) is 18.9 Å². The predicted molar refractivity (Wildman–Crippen MR) is 103 cm³/mol. The van der Waals surface area contributed by atoms with Gasteiger partial charge in [0.05, 0.1) is 31.1 Å². The molecule has 2 amide bonds. The second-order valence-corrected chi connectivity index (χ2v) is 6.18. The van der Waals surface area contributed by atoms with Gasteiger partial charge in [-0.25, -0.2) is 0 Å². The summed E-state index contributed by atoms with van der Waals surface area (Å²) in [5, 5.41) is 24.9. The molecule has 1 aliphatic heterocycles. The van der Waals surface area contributed by atoms with E-state index in [1.54, 1.807) is 30.3 Å². The maximum atomic E-state index is 12.6. The lowest BCUT2D eigenvalue weighted by molar-refractivity contribution is -0.402. The lowest BCUT2D eigenvalue weighted by Gasteiger charge is -2.27. The molecule has 1 aromatic heterocycles. The summed E-state index contributed by atoms with van der Waals surface area (Å²) in [6.07, 6.45) is 1.28. The van der Waals surface area contributed by atoms with Crippen LogP contribution in [-0.4, -0.2) is 46.1 Å². The number of nitro groups is 1. The minimum Gasteiger partial charge on any atom is -0.400 e. The van der Waals surface area contributed by atoms with Crippen LogP contribution in [0.2, 0.25) is 0 Å². The van der Waals surface area contributed by atoms with Crippen molar-refractivity contribution >= 4 is 40.4 Å². The number of hydrazone groups is 1. The van der Waals surface area contributed by atoms with E-state index in [2.05, 4.69) is 10.5 Å². The summed E-state index contributed by atoms with van der Waals surface area (Å²) in [5.41, 5.74) is 4.07. The third kappa shape index (κ3) is 3.11.